The molecule has 0 unspecified atom stereocenters. The van der Waals surface area contributed by atoms with Crippen LogP contribution in [0.3, 0.4) is 0 Å². The molecule has 0 saturated heterocycles. The van der Waals surface area contributed by atoms with Gasteiger partial charge in [-0.05, 0) is 54.6 Å². The van der Waals surface area contributed by atoms with Gasteiger partial charge in [0.25, 0.3) is 5.89 Å². The summed E-state index contributed by atoms with van der Waals surface area (Å²) < 4.78 is 50.6. The molecule has 4 aromatic rings. The minimum atomic E-state index is -0.917. The van der Waals surface area contributed by atoms with E-state index in [1.165, 1.54) is 24.3 Å². The molecule has 0 N–H and O–H groups in total. The highest BCUT2D eigenvalue weighted by atomic mass is 19.2. The molecule has 7 heteroatoms. The summed E-state index contributed by atoms with van der Waals surface area (Å²) in [5, 5.41) is 3.92. The number of rotatable bonds is 5. The predicted molar refractivity (Wildman–Crippen MR) is 95.8 cm³/mol. The zero-order valence-corrected chi connectivity index (χ0v) is 14.4. The Hall–Kier alpha value is -3.61. The van der Waals surface area contributed by atoms with Gasteiger partial charge in [-0.15, -0.1) is 0 Å². The third kappa shape index (κ3) is 3.73. The zero-order valence-electron chi connectivity index (χ0n) is 14.4. The highest BCUT2D eigenvalue weighted by molar-refractivity contribution is 5.60. The van der Waals surface area contributed by atoms with Crippen LogP contribution in [0.25, 0.3) is 22.8 Å². The number of benzene rings is 3. The Balaban J connectivity index is 1.46. The van der Waals surface area contributed by atoms with Gasteiger partial charge in [-0.2, -0.15) is 4.98 Å². The van der Waals surface area contributed by atoms with Crippen molar-refractivity contribution in [2.75, 3.05) is 0 Å². The van der Waals surface area contributed by atoms with E-state index >= 15 is 0 Å². The van der Waals surface area contributed by atoms with Gasteiger partial charge in [-0.1, -0.05) is 17.3 Å². The molecule has 1 aromatic heterocycles. The maximum Gasteiger partial charge on any atom is 0.258 e. The van der Waals surface area contributed by atoms with E-state index in [1.54, 1.807) is 36.4 Å². The van der Waals surface area contributed by atoms with E-state index < -0.39 is 11.6 Å². The van der Waals surface area contributed by atoms with Crippen molar-refractivity contribution in [1.29, 1.82) is 0 Å². The van der Waals surface area contributed by atoms with Gasteiger partial charge in [-0.25, -0.2) is 13.2 Å². The number of aromatic nitrogens is 2. The molecule has 4 nitrogen and oxygen atoms in total. The molecule has 4 rings (SSSR count). The molecule has 0 radical (unpaired) electrons. The summed E-state index contributed by atoms with van der Waals surface area (Å²) in [5.41, 5.74) is 1.42. The maximum atomic E-state index is 13.7. The summed E-state index contributed by atoms with van der Waals surface area (Å²) in [6.07, 6.45) is 0. The third-order valence-electron chi connectivity index (χ3n) is 4.06. The Morgan fingerprint density at radius 2 is 1.54 bits per heavy atom. The molecule has 1 heterocycles. The Morgan fingerprint density at radius 1 is 0.821 bits per heavy atom. The van der Waals surface area contributed by atoms with Gasteiger partial charge in [0, 0.05) is 16.7 Å². The van der Waals surface area contributed by atoms with Crippen LogP contribution in [0.5, 0.6) is 5.75 Å². The lowest BCUT2D eigenvalue weighted by atomic mass is 10.2. The topological polar surface area (TPSA) is 48.2 Å². The van der Waals surface area contributed by atoms with E-state index in [9.17, 15) is 13.2 Å². The van der Waals surface area contributed by atoms with E-state index in [2.05, 4.69) is 10.1 Å². The van der Waals surface area contributed by atoms with Crippen molar-refractivity contribution in [2.24, 2.45) is 0 Å². The molecular weight excluding hydrogens is 369 g/mol. The number of nitrogens with zero attached hydrogens (tertiary/aromatic N) is 2. The quantitative estimate of drug-likeness (QED) is 0.464. The molecule has 0 aliphatic carbocycles. The Labute approximate surface area is 158 Å². The number of hydrogen-bond acceptors (Lipinski definition) is 4. The zero-order chi connectivity index (χ0) is 19.5. The fourth-order valence-corrected chi connectivity index (χ4v) is 2.57. The van der Waals surface area contributed by atoms with Crippen LogP contribution in [0.1, 0.15) is 5.56 Å². The molecule has 0 fully saturated rings. The van der Waals surface area contributed by atoms with Crippen molar-refractivity contribution in [3.05, 3.63) is 89.7 Å². The van der Waals surface area contributed by atoms with E-state index in [0.717, 1.165) is 6.07 Å². The van der Waals surface area contributed by atoms with E-state index in [4.69, 9.17) is 9.26 Å². The van der Waals surface area contributed by atoms with E-state index in [0.29, 0.717) is 22.7 Å². The molecular formula is C21H13F3N2O2. The molecule has 0 saturated carbocycles. The predicted octanol–water partition coefficient (Wildman–Crippen LogP) is 5.40. The maximum absolute atomic E-state index is 13.7. The van der Waals surface area contributed by atoms with Crippen LogP contribution in [0, 0.1) is 17.5 Å². The molecule has 3 aromatic carbocycles. The van der Waals surface area contributed by atoms with Crippen LogP contribution in [-0.4, -0.2) is 10.1 Å². The first-order chi connectivity index (χ1) is 13.6. The lowest BCUT2D eigenvalue weighted by Gasteiger charge is -2.07. The highest BCUT2D eigenvalue weighted by Gasteiger charge is 2.12. The van der Waals surface area contributed by atoms with Gasteiger partial charge in [0.05, 0.1) is 0 Å². The molecule has 0 bridgehead atoms. The van der Waals surface area contributed by atoms with Gasteiger partial charge >= 0.3 is 0 Å². The second-order valence-corrected chi connectivity index (χ2v) is 5.96. The van der Waals surface area contributed by atoms with Crippen molar-refractivity contribution >= 4 is 0 Å². The lowest BCUT2D eigenvalue weighted by Crippen LogP contribution is -2.00. The Bertz CT molecular complexity index is 1090. The standard InChI is InChI=1S/C21H13F3N2O2/c22-16-8-4-14(5-9-16)21-25-20(26-28-21)13-6-10-17(11-7-13)27-12-15-2-1-3-18(23)19(15)24/h1-11H,12H2. The van der Waals surface area contributed by atoms with Crippen LogP contribution < -0.4 is 4.74 Å². The fraction of sp³-hybridized carbons (Fsp3) is 0.0476. The summed E-state index contributed by atoms with van der Waals surface area (Å²) in [4.78, 5) is 4.29. The van der Waals surface area contributed by atoms with Crippen molar-refractivity contribution in [2.45, 2.75) is 6.61 Å². The lowest BCUT2D eigenvalue weighted by molar-refractivity contribution is 0.297. The van der Waals surface area contributed by atoms with Crippen molar-refractivity contribution in [3.8, 4) is 28.6 Å². The molecule has 0 atom stereocenters. The van der Waals surface area contributed by atoms with E-state index in [-0.39, 0.29) is 23.9 Å². The van der Waals surface area contributed by atoms with Crippen molar-refractivity contribution < 1.29 is 22.4 Å². The van der Waals surface area contributed by atoms with Gasteiger partial charge in [0.1, 0.15) is 18.2 Å². The van der Waals surface area contributed by atoms with Crippen LogP contribution >= 0.6 is 0 Å². The first-order valence-electron chi connectivity index (χ1n) is 8.36. The highest BCUT2D eigenvalue weighted by Crippen LogP contribution is 2.24. The molecule has 0 aliphatic heterocycles. The number of hydrogen-bond donors (Lipinski definition) is 0. The number of halogens is 3. The summed E-state index contributed by atoms with van der Waals surface area (Å²) in [6.45, 7) is -0.0974. The monoisotopic (exact) mass is 382 g/mol. The molecule has 0 amide bonds. The first-order valence-corrected chi connectivity index (χ1v) is 8.36. The SMILES string of the molecule is Fc1ccc(-c2nc(-c3ccc(OCc4cccc(F)c4F)cc3)no2)cc1. The van der Waals surface area contributed by atoms with Crippen LogP contribution in [0.2, 0.25) is 0 Å². The minimum Gasteiger partial charge on any atom is -0.489 e. The average molecular weight is 382 g/mol. The van der Waals surface area contributed by atoms with Gasteiger partial charge < -0.3 is 9.26 Å². The molecule has 0 aliphatic rings. The van der Waals surface area contributed by atoms with Crippen LogP contribution in [-0.2, 0) is 6.61 Å². The minimum absolute atomic E-state index is 0.0974. The average Bonchev–Trinajstić information content (AvgIpc) is 3.20. The Morgan fingerprint density at radius 3 is 2.29 bits per heavy atom. The normalized spacial score (nSPS) is 10.8. The molecule has 140 valence electrons. The first kappa shape index (κ1) is 17.8. The third-order valence-corrected chi connectivity index (χ3v) is 4.06. The summed E-state index contributed by atoms with van der Waals surface area (Å²) in [7, 11) is 0. The van der Waals surface area contributed by atoms with Gasteiger partial charge in [0.15, 0.2) is 11.6 Å². The van der Waals surface area contributed by atoms with Gasteiger partial charge in [-0.3, -0.25) is 0 Å². The van der Waals surface area contributed by atoms with E-state index in [1.807, 2.05) is 0 Å². The van der Waals surface area contributed by atoms with Crippen LogP contribution in [0.15, 0.2) is 71.3 Å². The largest absolute Gasteiger partial charge is 0.489 e. The second-order valence-electron chi connectivity index (χ2n) is 5.96. The summed E-state index contributed by atoms with van der Waals surface area (Å²) in [6, 6.07) is 16.4. The molecule has 28 heavy (non-hydrogen) atoms. The Kier molecular flexibility index (Phi) is 4.80. The van der Waals surface area contributed by atoms with Crippen molar-refractivity contribution in [3.63, 3.8) is 0 Å². The van der Waals surface area contributed by atoms with Crippen LogP contribution in [0.4, 0.5) is 13.2 Å². The van der Waals surface area contributed by atoms with Gasteiger partial charge in [0.2, 0.25) is 5.82 Å². The second kappa shape index (κ2) is 7.56. The van der Waals surface area contributed by atoms with Crippen molar-refractivity contribution in [1.82, 2.24) is 10.1 Å². The smallest absolute Gasteiger partial charge is 0.258 e. The summed E-state index contributed by atoms with van der Waals surface area (Å²) >= 11 is 0. The molecule has 0 spiro atoms. The summed E-state index contributed by atoms with van der Waals surface area (Å²) in [5.74, 6) is -1.06. The fourth-order valence-electron chi connectivity index (χ4n) is 2.57. The number of ether oxygens (including phenoxy) is 1.